The van der Waals surface area contributed by atoms with Crippen molar-refractivity contribution in [3.05, 3.63) is 53.6 Å². The first-order valence-electron chi connectivity index (χ1n) is 8.39. The maximum Gasteiger partial charge on any atom is 0.495 e. The van der Waals surface area contributed by atoms with Gasteiger partial charge in [0.1, 0.15) is 0 Å². The fraction of sp³-hybridized carbons (Fsp3) is 0.400. The summed E-state index contributed by atoms with van der Waals surface area (Å²) in [5.74, 6) is 0. The van der Waals surface area contributed by atoms with Crippen molar-refractivity contribution in [1.82, 2.24) is 0 Å². The van der Waals surface area contributed by atoms with Crippen molar-refractivity contribution in [3.8, 4) is 11.1 Å². The highest BCUT2D eigenvalue weighted by Gasteiger charge is 2.47. The lowest BCUT2D eigenvalue weighted by Crippen LogP contribution is -2.36. The van der Waals surface area contributed by atoms with E-state index >= 15 is 0 Å². The van der Waals surface area contributed by atoms with Gasteiger partial charge in [0.15, 0.2) is 0 Å². The predicted molar refractivity (Wildman–Crippen MR) is 95.1 cm³/mol. The van der Waals surface area contributed by atoms with Crippen molar-refractivity contribution in [3.63, 3.8) is 0 Å². The van der Waals surface area contributed by atoms with Crippen LogP contribution in [0.15, 0.2) is 42.5 Å². The maximum atomic E-state index is 6.23. The molecule has 1 heterocycles. The summed E-state index contributed by atoms with van der Waals surface area (Å²) < 4.78 is 12.4. The Bertz CT molecular complexity index is 779. The Labute approximate surface area is 139 Å². The van der Waals surface area contributed by atoms with E-state index in [0.717, 1.165) is 5.46 Å². The van der Waals surface area contributed by atoms with Crippen LogP contribution in [-0.2, 0) is 14.7 Å². The third kappa shape index (κ3) is 2.03. The van der Waals surface area contributed by atoms with Gasteiger partial charge in [0.05, 0.1) is 11.7 Å². The van der Waals surface area contributed by atoms with Crippen LogP contribution in [0.1, 0.15) is 45.7 Å². The van der Waals surface area contributed by atoms with Crippen LogP contribution < -0.4 is 5.46 Å². The van der Waals surface area contributed by atoms with E-state index in [0.29, 0.717) is 0 Å². The van der Waals surface area contributed by atoms with E-state index in [1.54, 1.807) is 0 Å². The predicted octanol–water partition coefficient (Wildman–Crippen LogP) is 3.90. The summed E-state index contributed by atoms with van der Waals surface area (Å²) in [5.41, 5.74) is 6.25. The Morgan fingerprint density at radius 3 is 2.30 bits per heavy atom. The molecule has 4 rings (SSSR count). The van der Waals surface area contributed by atoms with Gasteiger partial charge in [-0.3, -0.25) is 0 Å². The molecule has 23 heavy (non-hydrogen) atoms. The van der Waals surface area contributed by atoms with Gasteiger partial charge in [0, 0.05) is 5.41 Å². The minimum Gasteiger partial charge on any atom is -0.402 e. The number of hydrogen-bond donors (Lipinski definition) is 0. The minimum absolute atomic E-state index is 0.0156. The molecule has 2 aliphatic rings. The normalized spacial score (nSPS) is 23.7. The quantitative estimate of drug-likeness (QED) is 0.744. The van der Waals surface area contributed by atoms with E-state index < -0.39 is 0 Å². The third-order valence-electron chi connectivity index (χ3n) is 5.61. The van der Waals surface area contributed by atoms with Crippen LogP contribution in [0.3, 0.4) is 0 Å². The van der Waals surface area contributed by atoms with E-state index in [4.69, 9.17) is 9.31 Å². The molecule has 0 N–H and O–H groups in total. The topological polar surface area (TPSA) is 18.5 Å². The van der Waals surface area contributed by atoms with Crippen LogP contribution in [0.5, 0.6) is 0 Å². The summed E-state index contributed by atoms with van der Waals surface area (Å²) in [5, 5.41) is 0. The molecule has 0 radical (unpaired) electrons. The SMILES string of the molecule is CC1OB(c2cccc3c2-c2ccccc2C3(C)C)OC1(C)C. The zero-order valence-corrected chi connectivity index (χ0v) is 14.5. The molecule has 2 aromatic rings. The molecule has 0 bridgehead atoms. The van der Waals surface area contributed by atoms with Gasteiger partial charge in [0.25, 0.3) is 0 Å². The second-order valence-corrected chi connectivity index (χ2v) is 7.77. The van der Waals surface area contributed by atoms with Crippen LogP contribution in [0.4, 0.5) is 0 Å². The molecule has 1 unspecified atom stereocenters. The molecular weight excluding hydrogens is 283 g/mol. The number of rotatable bonds is 1. The fourth-order valence-corrected chi connectivity index (χ4v) is 3.86. The lowest BCUT2D eigenvalue weighted by atomic mass is 9.73. The molecule has 1 fully saturated rings. The highest BCUT2D eigenvalue weighted by molar-refractivity contribution is 6.64. The standard InChI is InChI=1S/C20H23BO2/c1-13-20(4,5)23-21(22-13)17-12-8-11-16-18(17)14-9-6-7-10-15(14)19(16,2)3/h6-13H,1-5H3. The van der Waals surface area contributed by atoms with E-state index in [2.05, 4.69) is 77.1 Å². The van der Waals surface area contributed by atoms with E-state index in [1.807, 2.05) is 0 Å². The highest BCUT2D eigenvalue weighted by atomic mass is 16.7. The molecular formula is C20H23BO2. The first-order chi connectivity index (χ1) is 10.8. The molecule has 2 aromatic carbocycles. The lowest BCUT2D eigenvalue weighted by molar-refractivity contribution is 0.0842. The largest absolute Gasteiger partial charge is 0.495 e. The molecule has 0 saturated carbocycles. The Hall–Kier alpha value is -1.58. The summed E-state index contributed by atoms with van der Waals surface area (Å²) in [4.78, 5) is 0. The van der Waals surface area contributed by atoms with Crippen molar-refractivity contribution in [2.75, 3.05) is 0 Å². The van der Waals surface area contributed by atoms with Crippen LogP contribution in [-0.4, -0.2) is 18.8 Å². The molecule has 2 nitrogen and oxygen atoms in total. The summed E-state index contributed by atoms with van der Waals surface area (Å²) in [6.07, 6.45) is 0.0769. The zero-order chi connectivity index (χ0) is 16.4. The second-order valence-electron chi connectivity index (χ2n) is 7.77. The average Bonchev–Trinajstić information content (AvgIpc) is 2.92. The van der Waals surface area contributed by atoms with Crippen LogP contribution in [0.2, 0.25) is 0 Å². The maximum absolute atomic E-state index is 6.23. The summed E-state index contributed by atoms with van der Waals surface area (Å²) in [6, 6.07) is 15.2. The van der Waals surface area contributed by atoms with Crippen LogP contribution >= 0.6 is 0 Å². The third-order valence-corrected chi connectivity index (χ3v) is 5.61. The fourth-order valence-electron chi connectivity index (χ4n) is 3.86. The van der Waals surface area contributed by atoms with E-state index in [1.165, 1.54) is 22.3 Å². The summed E-state index contributed by atoms with van der Waals surface area (Å²) in [6.45, 7) is 10.9. The Kier molecular flexibility index (Phi) is 3.07. The molecule has 0 aromatic heterocycles. The Balaban J connectivity index is 1.90. The summed E-state index contributed by atoms with van der Waals surface area (Å²) >= 11 is 0. The van der Waals surface area contributed by atoms with Crippen molar-refractivity contribution in [2.45, 2.75) is 51.7 Å². The lowest BCUT2D eigenvalue weighted by Gasteiger charge is -2.22. The monoisotopic (exact) mass is 306 g/mol. The summed E-state index contributed by atoms with van der Waals surface area (Å²) in [7, 11) is -0.295. The van der Waals surface area contributed by atoms with Crippen molar-refractivity contribution in [1.29, 1.82) is 0 Å². The number of hydrogen-bond acceptors (Lipinski definition) is 2. The van der Waals surface area contributed by atoms with Crippen molar-refractivity contribution >= 4 is 12.6 Å². The number of fused-ring (bicyclic) bond motifs is 3. The molecule has 3 heteroatoms. The van der Waals surface area contributed by atoms with E-state index in [-0.39, 0.29) is 24.2 Å². The van der Waals surface area contributed by atoms with Crippen LogP contribution in [0.25, 0.3) is 11.1 Å². The molecule has 118 valence electrons. The Morgan fingerprint density at radius 1 is 0.913 bits per heavy atom. The van der Waals surface area contributed by atoms with Gasteiger partial charge in [-0.05, 0) is 48.5 Å². The van der Waals surface area contributed by atoms with Crippen molar-refractivity contribution < 1.29 is 9.31 Å². The molecule has 1 aliphatic heterocycles. The highest BCUT2D eigenvalue weighted by Crippen LogP contribution is 2.48. The molecule has 0 spiro atoms. The minimum atomic E-state index is -0.295. The second kappa shape index (κ2) is 4.72. The van der Waals surface area contributed by atoms with E-state index in [9.17, 15) is 0 Å². The van der Waals surface area contributed by atoms with Gasteiger partial charge in [-0.1, -0.05) is 56.3 Å². The Morgan fingerprint density at radius 2 is 1.61 bits per heavy atom. The smallest absolute Gasteiger partial charge is 0.402 e. The number of benzene rings is 2. The first kappa shape index (κ1) is 15.0. The van der Waals surface area contributed by atoms with Crippen molar-refractivity contribution in [2.24, 2.45) is 0 Å². The van der Waals surface area contributed by atoms with Gasteiger partial charge in [-0.15, -0.1) is 0 Å². The molecule has 1 saturated heterocycles. The average molecular weight is 306 g/mol. The van der Waals surface area contributed by atoms with Gasteiger partial charge < -0.3 is 9.31 Å². The zero-order valence-electron chi connectivity index (χ0n) is 14.5. The molecule has 1 aliphatic carbocycles. The van der Waals surface area contributed by atoms with Gasteiger partial charge in [-0.25, -0.2) is 0 Å². The first-order valence-corrected chi connectivity index (χ1v) is 8.39. The molecule has 1 atom stereocenters. The van der Waals surface area contributed by atoms with Gasteiger partial charge >= 0.3 is 7.12 Å². The van der Waals surface area contributed by atoms with Crippen LogP contribution in [0, 0.1) is 0 Å². The van der Waals surface area contributed by atoms with Gasteiger partial charge in [-0.2, -0.15) is 0 Å². The van der Waals surface area contributed by atoms with Gasteiger partial charge in [0.2, 0.25) is 0 Å². The molecule has 0 amide bonds.